The van der Waals surface area contributed by atoms with E-state index >= 15 is 0 Å². The Morgan fingerprint density at radius 3 is 2.55 bits per heavy atom. The van der Waals surface area contributed by atoms with Gasteiger partial charge in [-0.15, -0.1) is 0 Å². The van der Waals surface area contributed by atoms with Crippen molar-refractivity contribution in [3.05, 3.63) is 65.2 Å². The van der Waals surface area contributed by atoms with Gasteiger partial charge in [0.05, 0.1) is 17.7 Å². The van der Waals surface area contributed by atoms with Crippen molar-refractivity contribution in [1.29, 1.82) is 0 Å². The van der Waals surface area contributed by atoms with Crippen molar-refractivity contribution < 1.29 is 40.1 Å². The van der Waals surface area contributed by atoms with Crippen LogP contribution in [0.2, 0.25) is 0 Å². The van der Waals surface area contributed by atoms with Crippen LogP contribution in [0.4, 0.5) is 36.4 Å². The lowest BCUT2D eigenvalue weighted by Crippen LogP contribution is -2.44. The van der Waals surface area contributed by atoms with E-state index in [0.717, 1.165) is 18.2 Å². The fraction of sp³-hybridized carbons (Fsp3) is 0.400. The molecule has 3 aromatic rings. The third-order valence-electron chi connectivity index (χ3n) is 6.47. The minimum Gasteiger partial charge on any atom is -0.334 e. The van der Waals surface area contributed by atoms with E-state index in [2.05, 4.69) is 15.5 Å². The standard InChI is InChI=1S/C25H23F7N4O2/c1-2-18-10-14(22(37)33-17-5-3-4-16(12-17)24(27,28)29)8-9-36(18)13-21-34-23(38-35-21)15-6-7-20(26)19(11-15)25(30,31)32/h3-7,11-12,14,18H,2,8-10,13H2,1H3,(H,33,37)/t14-,18-/m0/s1. The largest absolute Gasteiger partial charge is 0.419 e. The molecule has 0 radical (unpaired) electrons. The summed E-state index contributed by atoms with van der Waals surface area (Å²) in [4.78, 5) is 18.9. The number of carbonyl (C=O) groups is 1. The first kappa shape index (κ1) is 27.6. The highest BCUT2D eigenvalue weighted by atomic mass is 19.4. The molecule has 1 aromatic heterocycles. The van der Waals surface area contributed by atoms with E-state index in [1.165, 1.54) is 12.1 Å². The molecular weight excluding hydrogens is 521 g/mol. The summed E-state index contributed by atoms with van der Waals surface area (Å²) in [6, 6.07) is 6.76. The smallest absolute Gasteiger partial charge is 0.334 e. The van der Waals surface area contributed by atoms with E-state index in [0.29, 0.717) is 37.9 Å². The van der Waals surface area contributed by atoms with Crippen LogP contribution in [0.15, 0.2) is 47.0 Å². The van der Waals surface area contributed by atoms with Crippen LogP contribution in [0.3, 0.4) is 0 Å². The first-order valence-electron chi connectivity index (χ1n) is 11.8. The molecule has 1 aliphatic rings. The van der Waals surface area contributed by atoms with Crippen molar-refractivity contribution in [3.8, 4) is 11.5 Å². The van der Waals surface area contributed by atoms with Gasteiger partial charge >= 0.3 is 12.4 Å². The average molecular weight is 544 g/mol. The van der Waals surface area contributed by atoms with E-state index in [4.69, 9.17) is 4.52 Å². The topological polar surface area (TPSA) is 71.3 Å². The number of amides is 1. The number of rotatable bonds is 6. The number of nitrogens with zero attached hydrogens (tertiary/aromatic N) is 3. The fourth-order valence-electron chi connectivity index (χ4n) is 4.48. The predicted octanol–water partition coefficient (Wildman–Crippen LogP) is 6.54. The van der Waals surface area contributed by atoms with Gasteiger partial charge in [0.1, 0.15) is 5.82 Å². The van der Waals surface area contributed by atoms with Crippen LogP contribution in [-0.2, 0) is 23.7 Å². The number of halogens is 7. The van der Waals surface area contributed by atoms with E-state index in [1.54, 1.807) is 0 Å². The number of benzene rings is 2. The lowest BCUT2D eigenvalue weighted by molar-refractivity contribution is -0.140. The molecule has 0 aliphatic carbocycles. The van der Waals surface area contributed by atoms with Crippen LogP contribution in [0, 0.1) is 11.7 Å². The zero-order valence-corrected chi connectivity index (χ0v) is 20.0. The molecule has 2 atom stereocenters. The quantitative estimate of drug-likeness (QED) is 0.357. The molecule has 2 heterocycles. The van der Waals surface area contributed by atoms with Gasteiger partial charge in [-0.3, -0.25) is 9.69 Å². The maximum absolute atomic E-state index is 13.6. The van der Waals surface area contributed by atoms with Crippen LogP contribution in [-0.4, -0.2) is 33.5 Å². The highest BCUT2D eigenvalue weighted by Crippen LogP contribution is 2.35. The second kappa shape index (κ2) is 10.7. The molecule has 2 aromatic carbocycles. The molecule has 1 fully saturated rings. The first-order chi connectivity index (χ1) is 17.8. The SMILES string of the molecule is CC[C@H]1C[C@@H](C(=O)Nc2cccc(C(F)(F)F)c2)CCN1Cc1noc(-c2ccc(F)c(C(F)(F)F)c2)n1. The van der Waals surface area contributed by atoms with E-state index in [-0.39, 0.29) is 41.5 Å². The van der Waals surface area contributed by atoms with Gasteiger partial charge in [0.15, 0.2) is 5.82 Å². The number of piperidine rings is 1. The van der Waals surface area contributed by atoms with Crippen molar-refractivity contribution >= 4 is 11.6 Å². The lowest BCUT2D eigenvalue weighted by atomic mass is 9.88. The number of carbonyl (C=O) groups excluding carboxylic acids is 1. The third kappa shape index (κ3) is 6.32. The van der Waals surface area contributed by atoms with Gasteiger partial charge in [0.25, 0.3) is 5.89 Å². The highest BCUT2D eigenvalue weighted by molar-refractivity contribution is 5.92. The predicted molar refractivity (Wildman–Crippen MR) is 122 cm³/mol. The monoisotopic (exact) mass is 544 g/mol. The summed E-state index contributed by atoms with van der Waals surface area (Å²) >= 11 is 0. The van der Waals surface area contributed by atoms with Gasteiger partial charge in [-0.25, -0.2) is 4.39 Å². The number of alkyl halides is 6. The number of anilines is 1. The normalized spacial score (nSPS) is 18.9. The van der Waals surface area contributed by atoms with Crippen LogP contribution >= 0.6 is 0 Å². The molecule has 4 rings (SSSR count). The molecule has 0 spiro atoms. The Hall–Kier alpha value is -3.48. The Bertz CT molecular complexity index is 1290. The maximum atomic E-state index is 13.6. The Morgan fingerprint density at radius 1 is 1.11 bits per heavy atom. The summed E-state index contributed by atoms with van der Waals surface area (Å²) < 4.78 is 96.7. The van der Waals surface area contributed by atoms with Crippen molar-refractivity contribution in [3.63, 3.8) is 0 Å². The van der Waals surface area contributed by atoms with Gasteiger partial charge in [-0.2, -0.15) is 31.3 Å². The molecule has 13 heteroatoms. The van der Waals surface area contributed by atoms with Gasteiger partial charge in [0, 0.05) is 23.2 Å². The second-order valence-corrected chi connectivity index (χ2v) is 9.03. The molecule has 1 amide bonds. The Balaban J connectivity index is 1.40. The zero-order chi connectivity index (χ0) is 27.7. The Kier molecular flexibility index (Phi) is 7.77. The van der Waals surface area contributed by atoms with E-state index in [1.807, 2.05) is 11.8 Å². The summed E-state index contributed by atoms with van der Waals surface area (Å²) in [6.07, 6.45) is -7.87. The maximum Gasteiger partial charge on any atom is 0.419 e. The third-order valence-corrected chi connectivity index (χ3v) is 6.47. The molecular formula is C25H23F7N4O2. The number of hydrogen-bond acceptors (Lipinski definition) is 5. The summed E-state index contributed by atoms with van der Waals surface area (Å²) in [5.41, 5.74) is -2.30. The summed E-state index contributed by atoms with van der Waals surface area (Å²) in [5.74, 6) is -2.18. The van der Waals surface area contributed by atoms with Gasteiger partial charge in [-0.1, -0.05) is 18.1 Å². The summed E-state index contributed by atoms with van der Waals surface area (Å²) in [6.45, 7) is 2.58. The minimum absolute atomic E-state index is 0.0640. The number of nitrogens with one attached hydrogen (secondary N) is 1. The molecule has 38 heavy (non-hydrogen) atoms. The first-order valence-corrected chi connectivity index (χ1v) is 11.8. The van der Waals surface area contributed by atoms with Crippen LogP contribution in [0.1, 0.15) is 43.1 Å². The molecule has 1 saturated heterocycles. The van der Waals surface area contributed by atoms with Crippen LogP contribution in [0.5, 0.6) is 0 Å². The average Bonchev–Trinajstić information content (AvgIpc) is 3.32. The molecule has 1 aliphatic heterocycles. The summed E-state index contributed by atoms with van der Waals surface area (Å²) in [7, 11) is 0. The number of likely N-dealkylation sites (tertiary alicyclic amines) is 1. The minimum atomic E-state index is -4.88. The zero-order valence-electron chi connectivity index (χ0n) is 20.0. The Morgan fingerprint density at radius 2 is 1.87 bits per heavy atom. The molecule has 204 valence electrons. The number of aromatic nitrogens is 2. The van der Waals surface area contributed by atoms with Crippen molar-refractivity contribution in [2.45, 2.75) is 51.1 Å². The lowest BCUT2D eigenvalue weighted by Gasteiger charge is -2.38. The van der Waals surface area contributed by atoms with Crippen molar-refractivity contribution in [2.75, 3.05) is 11.9 Å². The number of hydrogen-bond donors (Lipinski definition) is 1. The molecule has 0 bridgehead atoms. The summed E-state index contributed by atoms with van der Waals surface area (Å²) in [5, 5.41) is 6.40. The second-order valence-electron chi connectivity index (χ2n) is 9.03. The van der Waals surface area contributed by atoms with Gasteiger partial charge < -0.3 is 9.84 Å². The van der Waals surface area contributed by atoms with E-state index in [9.17, 15) is 35.5 Å². The Labute approximate surface area is 212 Å². The fourth-order valence-corrected chi connectivity index (χ4v) is 4.48. The van der Waals surface area contributed by atoms with Gasteiger partial charge in [0.2, 0.25) is 5.91 Å². The van der Waals surface area contributed by atoms with Crippen molar-refractivity contribution in [2.24, 2.45) is 5.92 Å². The van der Waals surface area contributed by atoms with E-state index < -0.39 is 35.2 Å². The highest BCUT2D eigenvalue weighted by Gasteiger charge is 2.36. The molecule has 0 saturated carbocycles. The van der Waals surface area contributed by atoms with Crippen molar-refractivity contribution in [1.82, 2.24) is 15.0 Å². The molecule has 0 unspecified atom stereocenters. The van der Waals surface area contributed by atoms with Gasteiger partial charge in [-0.05, 0) is 62.2 Å². The molecule has 1 N–H and O–H groups in total. The van der Waals surface area contributed by atoms with Crippen LogP contribution in [0.25, 0.3) is 11.5 Å². The van der Waals surface area contributed by atoms with Crippen LogP contribution < -0.4 is 5.32 Å². The molecule has 6 nitrogen and oxygen atoms in total.